The van der Waals surface area contributed by atoms with Crippen molar-refractivity contribution in [2.45, 2.75) is 32.2 Å². The molecule has 0 unspecified atom stereocenters. The second-order valence-electron chi connectivity index (χ2n) is 7.26. The van der Waals surface area contributed by atoms with Crippen molar-refractivity contribution >= 4 is 11.9 Å². The van der Waals surface area contributed by atoms with Crippen molar-refractivity contribution in [3.8, 4) is 5.75 Å². The summed E-state index contributed by atoms with van der Waals surface area (Å²) in [5.41, 5.74) is 1.23. The van der Waals surface area contributed by atoms with Gasteiger partial charge < -0.3 is 19.5 Å². The number of hydrogen-bond acceptors (Lipinski definition) is 7. The van der Waals surface area contributed by atoms with Crippen LogP contribution in [0.4, 0.5) is 5.95 Å². The second kappa shape index (κ2) is 9.54. The van der Waals surface area contributed by atoms with Crippen LogP contribution in [-0.2, 0) is 11.3 Å². The summed E-state index contributed by atoms with van der Waals surface area (Å²) in [6, 6.07) is 7.95. The van der Waals surface area contributed by atoms with Crippen LogP contribution < -0.4 is 15.0 Å². The molecule has 0 aliphatic carbocycles. The average molecular weight is 387 g/mol. The van der Waals surface area contributed by atoms with Gasteiger partial charge in [-0.05, 0) is 55.7 Å². The van der Waals surface area contributed by atoms with Gasteiger partial charge in [0.25, 0.3) is 11.9 Å². The smallest absolute Gasteiger partial charge is 0.265 e. The molecule has 1 N–H and O–H groups in total. The van der Waals surface area contributed by atoms with E-state index in [1.54, 1.807) is 0 Å². The lowest BCUT2D eigenvalue weighted by Crippen LogP contribution is -2.32. The fourth-order valence-corrected chi connectivity index (χ4v) is 3.26. The molecule has 28 heavy (non-hydrogen) atoms. The molecule has 1 aromatic heterocycles. The van der Waals surface area contributed by atoms with Gasteiger partial charge in [-0.15, -0.1) is 0 Å². The molecule has 0 atom stereocenters. The molecule has 2 aromatic rings. The summed E-state index contributed by atoms with van der Waals surface area (Å²) in [5, 5.41) is 6.73. The number of piperidine rings is 1. The maximum Gasteiger partial charge on any atom is 0.265 e. The van der Waals surface area contributed by atoms with Gasteiger partial charge in [-0.25, -0.2) is 0 Å². The SMILES string of the molecule is CCNC(=O)COc1ccc(CN2CCC(c3nc(N(C)C)no3)CC2)cc1. The number of carbonyl (C=O) groups excluding carboxylic acids is 1. The zero-order chi connectivity index (χ0) is 19.9. The van der Waals surface area contributed by atoms with Gasteiger partial charge in [-0.2, -0.15) is 4.98 Å². The first-order chi connectivity index (χ1) is 13.5. The summed E-state index contributed by atoms with van der Waals surface area (Å²) >= 11 is 0. The quantitative estimate of drug-likeness (QED) is 0.742. The van der Waals surface area contributed by atoms with Crippen LogP contribution in [0.5, 0.6) is 5.75 Å². The molecule has 8 heteroatoms. The van der Waals surface area contributed by atoms with E-state index in [4.69, 9.17) is 9.26 Å². The van der Waals surface area contributed by atoms with Crippen molar-refractivity contribution in [1.82, 2.24) is 20.4 Å². The molecule has 1 amide bonds. The van der Waals surface area contributed by atoms with Crippen molar-refractivity contribution in [2.24, 2.45) is 0 Å². The van der Waals surface area contributed by atoms with Gasteiger partial charge in [0.2, 0.25) is 5.89 Å². The molecule has 1 aliphatic rings. The van der Waals surface area contributed by atoms with Gasteiger partial charge in [0.15, 0.2) is 6.61 Å². The van der Waals surface area contributed by atoms with Crippen molar-refractivity contribution in [1.29, 1.82) is 0 Å². The molecule has 1 aliphatic heterocycles. The van der Waals surface area contributed by atoms with E-state index in [0.717, 1.165) is 38.4 Å². The van der Waals surface area contributed by atoms with Crippen LogP contribution in [0.2, 0.25) is 0 Å². The predicted octanol–water partition coefficient (Wildman–Crippen LogP) is 2.03. The molecule has 152 valence electrons. The lowest BCUT2D eigenvalue weighted by molar-refractivity contribution is -0.122. The maximum absolute atomic E-state index is 11.4. The number of nitrogens with one attached hydrogen (secondary N) is 1. The van der Waals surface area contributed by atoms with Crippen molar-refractivity contribution in [2.75, 3.05) is 45.2 Å². The first kappa shape index (κ1) is 20.1. The van der Waals surface area contributed by atoms with E-state index in [9.17, 15) is 4.79 Å². The molecule has 2 heterocycles. The molecule has 8 nitrogen and oxygen atoms in total. The predicted molar refractivity (Wildman–Crippen MR) is 106 cm³/mol. The Labute approximate surface area is 165 Å². The maximum atomic E-state index is 11.4. The number of hydrogen-bond donors (Lipinski definition) is 1. The Bertz CT molecular complexity index is 751. The van der Waals surface area contributed by atoms with Gasteiger partial charge in [-0.3, -0.25) is 9.69 Å². The Balaban J connectivity index is 1.44. The average Bonchev–Trinajstić information content (AvgIpc) is 3.19. The second-order valence-corrected chi connectivity index (χ2v) is 7.26. The molecule has 3 rings (SSSR count). The molecule has 1 fully saturated rings. The van der Waals surface area contributed by atoms with E-state index >= 15 is 0 Å². The Morgan fingerprint density at radius 1 is 1.29 bits per heavy atom. The number of likely N-dealkylation sites (tertiary alicyclic amines) is 1. The number of amides is 1. The minimum Gasteiger partial charge on any atom is -0.484 e. The Morgan fingerprint density at radius 2 is 2.00 bits per heavy atom. The van der Waals surface area contributed by atoms with Gasteiger partial charge in [0.05, 0.1) is 0 Å². The zero-order valence-corrected chi connectivity index (χ0v) is 16.9. The van der Waals surface area contributed by atoms with Crippen molar-refractivity contribution in [3.63, 3.8) is 0 Å². The highest BCUT2D eigenvalue weighted by Crippen LogP contribution is 2.28. The monoisotopic (exact) mass is 387 g/mol. The third-order valence-electron chi connectivity index (χ3n) is 4.84. The Kier molecular flexibility index (Phi) is 6.86. The summed E-state index contributed by atoms with van der Waals surface area (Å²) in [6.07, 6.45) is 2.03. The highest BCUT2D eigenvalue weighted by atomic mass is 16.5. The summed E-state index contributed by atoms with van der Waals surface area (Å²) < 4.78 is 10.9. The first-order valence-electron chi connectivity index (χ1n) is 9.77. The van der Waals surface area contributed by atoms with Crippen LogP contribution in [0.25, 0.3) is 0 Å². The molecule has 0 bridgehead atoms. The van der Waals surface area contributed by atoms with Crippen LogP contribution in [0, 0.1) is 0 Å². The number of ether oxygens (including phenoxy) is 1. The number of carbonyl (C=O) groups is 1. The number of nitrogens with zero attached hydrogens (tertiary/aromatic N) is 4. The largest absolute Gasteiger partial charge is 0.484 e. The van der Waals surface area contributed by atoms with Gasteiger partial charge >= 0.3 is 0 Å². The van der Waals surface area contributed by atoms with Crippen molar-refractivity contribution < 1.29 is 14.1 Å². The minimum atomic E-state index is -0.103. The Hall–Kier alpha value is -2.61. The van der Waals surface area contributed by atoms with Crippen LogP contribution >= 0.6 is 0 Å². The summed E-state index contributed by atoms with van der Waals surface area (Å²) in [4.78, 5) is 20.2. The van der Waals surface area contributed by atoms with E-state index in [1.165, 1.54) is 5.56 Å². The topological polar surface area (TPSA) is 83.7 Å². The van der Waals surface area contributed by atoms with Gasteiger partial charge in [-0.1, -0.05) is 12.1 Å². The number of rotatable bonds is 8. The van der Waals surface area contributed by atoms with E-state index in [1.807, 2.05) is 38.1 Å². The summed E-state index contributed by atoms with van der Waals surface area (Å²) in [6.45, 7) is 5.45. The Morgan fingerprint density at radius 3 is 2.61 bits per heavy atom. The number of benzene rings is 1. The van der Waals surface area contributed by atoms with E-state index in [-0.39, 0.29) is 12.5 Å². The molecule has 1 saturated heterocycles. The first-order valence-corrected chi connectivity index (χ1v) is 9.77. The summed E-state index contributed by atoms with van der Waals surface area (Å²) in [5.74, 6) is 2.32. The van der Waals surface area contributed by atoms with Crippen molar-refractivity contribution in [3.05, 3.63) is 35.7 Å². The molecular weight excluding hydrogens is 358 g/mol. The molecule has 0 saturated carbocycles. The fraction of sp³-hybridized carbons (Fsp3) is 0.550. The third-order valence-corrected chi connectivity index (χ3v) is 4.84. The van der Waals surface area contributed by atoms with Crippen LogP contribution in [-0.4, -0.2) is 61.3 Å². The molecule has 0 spiro atoms. The van der Waals surface area contributed by atoms with E-state index in [2.05, 4.69) is 32.5 Å². The van der Waals surface area contributed by atoms with E-state index < -0.39 is 0 Å². The standard InChI is InChI=1S/C20H29N5O3/c1-4-21-18(26)14-27-17-7-5-15(6-8-17)13-25-11-9-16(10-12-25)19-22-20(23-28-19)24(2)3/h5-8,16H,4,9-14H2,1-3H3,(H,21,26). The number of anilines is 1. The lowest BCUT2D eigenvalue weighted by Gasteiger charge is -2.30. The summed E-state index contributed by atoms with van der Waals surface area (Å²) in [7, 11) is 3.82. The normalized spacial score (nSPS) is 15.4. The zero-order valence-electron chi connectivity index (χ0n) is 16.9. The molecular formula is C20H29N5O3. The molecule has 1 aromatic carbocycles. The number of likely N-dealkylation sites (N-methyl/N-ethyl adjacent to an activating group) is 1. The van der Waals surface area contributed by atoms with Crippen LogP contribution in [0.3, 0.4) is 0 Å². The highest BCUT2D eigenvalue weighted by molar-refractivity contribution is 5.77. The molecule has 0 radical (unpaired) electrons. The van der Waals surface area contributed by atoms with Gasteiger partial charge in [0, 0.05) is 33.1 Å². The third kappa shape index (κ3) is 5.45. The number of aromatic nitrogens is 2. The van der Waals surface area contributed by atoms with Crippen LogP contribution in [0.1, 0.15) is 37.1 Å². The van der Waals surface area contributed by atoms with Gasteiger partial charge in [0.1, 0.15) is 5.75 Å². The minimum absolute atomic E-state index is 0.0475. The van der Waals surface area contributed by atoms with E-state index in [0.29, 0.717) is 24.2 Å². The van der Waals surface area contributed by atoms with Crippen LogP contribution in [0.15, 0.2) is 28.8 Å². The highest BCUT2D eigenvalue weighted by Gasteiger charge is 2.25. The fourth-order valence-electron chi connectivity index (χ4n) is 3.26. The lowest BCUT2D eigenvalue weighted by atomic mass is 9.96.